The van der Waals surface area contributed by atoms with Crippen molar-refractivity contribution in [1.29, 1.82) is 0 Å². The minimum Gasteiger partial charge on any atom is -0.512 e. The van der Waals surface area contributed by atoms with Gasteiger partial charge in [0.15, 0.2) is 0 Å². The number of aryl methyl sites for hydroxylation is 1. The molecule has 6 nitrogen and oxygen atoms in total. The molecule has 0 radical (unpaired) electrons. The Morgan fingerprint density at radius 1 is 1.14 bits per heavy atom. The summed E-state index contributed by atoms with van der Waals surface area (Å²) in [6.45, 7) is 6.24. The number of ether oxygens (including phenoxy) is 1. The molecule has 0 spiro atoms. The zero-order valence-corrected chi connectivity index (χ0v) is 22.0. The van der Waals surface area contributed by atoms with Gasteiger partial charge in [-0.25, -0.2) is 4.79 Å². The molecule has 0 fully saturated rings. The number of benzene rings is 1. The molecule has 1 aliphatic heterocycles. The lowest BCUT2D eigenvalue weighted by atomic mass is 9.65. The van der Waals surface area contributed by atoms with Gasteiger partial charge in [-0.05, 0) is 61.3 Å². The lowest BCUT2D eigenvalue weighted by Crippen LogP contribution is -2.41. The third-order valence-electron chi connectivity index (χ3n) is 7.53. The van der Waals surface area contributed by atoms with Gasteiger partial charge in [0.1, 0.15) is 11.4 Å². The van der Waals surface area contributed by atoms with Gasteiger partial charge in [0.2, 0.25) is 6.54 Å². The van der Waals surface area contributed by atoms with Gasteiger partial charge in [-0.1, -0.05) is 81.8 Å². The van der Waals surface area contributed by atoms with Crippen LogP contribution in [-0.2, 0) is 16.0 Å². The fourth-order valence-electron chi connectivity index (χ4n) is 6.04. The first-order chi connectivity index (χ1) is 17.1. The van der Waals surface area contributed by atoms with E-state index in [1.54, 1.807) is 0 Å². The van der Waals surface area contributed by atoms with E-state index in [9.17, 15) is 20.0 Å². The summed E-state index contributed by atoms with van der Waals surface area (Å²) in [4.78, 5) is 23.9. The number of nitrogens with zero attached hydrogens (tertiary/aromatic N) is 1. The molecule has 0 aromatic heterocycles. The summed E-state index contributed by atoms with van der Waals surface area (Å²) in [6.07, 6.45) is 14.9. The highest BCUT2D eigenvalue weighted by Gasteiger charge is 2.43. The topological polar surface area (TPSA) is 89.7 Å². The summed E-state index contributed by atoms with van der Waals surface area (Å²) < 4.78 is 6.11. The molecule has 1 heterocycles. The molecule has 3 rings (SSSR count). The smallest absolute Gasteiger partial charge is 0.337 e. The molecule has 0 bridgehead atoms. The molecular formula is C30H41NO5. The summed E-state index contributed by atoms with van der Waals surface area (Å²) in [5.74, 6) is -0.253. The molecule has 1 aliphatic carbocycles. The zero-order valence-electron chi connectivity index (χ0n) is 22.0. The summed E-state index contributed by atoms with van der Waals surface area (Å²) in [5.41, 5.74) is 0.394. The molecular weight excluding hydrogens is 454 g/mol. The second-order valence-corrected chi connectivity index (χ2v) is 11.4. The Bertz CT molecular complexity index is 1010. The Labute approximate surface area is 215 Å². The zero-order chi connectivity index (χ0) is 26.2. The van der Waals surface area contributed by atoms with Crippen molar-refractivity contribution in [3.63, 3.8) is 0 Å². The van der Waals surface area contributed by atoms with E-state index < -0.39 is 11.6 Å². The maximum atomic E-state index is 13.3. The number of allylic oxidation sites excluding steroid dienone is 4. The van der Waals surface area contributed by atoms with Crippen LogP contribution in [-0.4, -0.2) is 28.1 Å². The Morgan fingerprint density at radius 3 is 2.50 bits per heavy atom. The molecule has 2 unspecified atom stereocenters. The van der Waals surface area contributed by atoms with Gasteiger partial charge in [-0.2, -0.15) is 0 Å². The molecule has 0 amide bonds. The van der Waals surface area contributed by atoms with Crippen molar-refractivity contribution in [3.8, 4) is 0 Å². The van der Waals surface area contributed by atoms with Crippen LogP contribution in [0.5, 0.6) is 0 Å². The van der Waals surface area contributed by atoms with Gasteiger partial charge in [-0.3, -0.25) is 10.1 Å². The van der Waals surface area contributed by atoms with Crippen LogP contribution < -0.4 is 0 Å². The molecule has 1 aromatic rings. The largest absolute Gasteiger partial charge is 0.512 e. The van der Waals surface area contributed by atoms with Gasteiger partial charge < -0.3 is 9.84 Å². The van der Waals surface area contributed by atoms with Gasteiger partial charge in [0, 0.05) is 17.8 Å². The predicted octanol–water partition coefficient (Wildman–Crippen LogP) is 7.28. The van der Waals surface area contributed by atoms with Crippen LogP contribution in [0.3, 0.4) is 0 Å². The van der Waals surface area contributed by atoms with Crippen molar-refractivity contribution in [2.75, 3.05) is 6.54 Å². The number of nitro groups is 1. The van der Waals surface area contributed by atoms with Gasteiger partial charge in [0.25, 0.3) is 0 Å². The van der Waals surface area contributed by atoms with E-state index in [4.69, 9.17) is 4.74 Å². The molecule has 2 atom stereocenters. The minimum atomic E-state index is -0.680. The number of hydrogen-bond donors (Lipinski definition) is 1. The number of carbonyl (C=O) groups is 1. The highest BCUT2D eigenvalue weighted by Crippen LogP contribution is 2.47. The van der Waals surface area contributed by atoms with E-state index in [1.807, 2.05) is 30.4 Å². The summed E-state index contributed by atoms with van der Waals surface area (Å²) in [5, 5.41) is 22.0. The second kappa shape index (κ2) is 11.9. The first kappa shape index (κ1) is 27.7. The molecule has 6 heteroatoms. The van der Waals surface area contributed by atoms with Crippen molar-refractivity contribution < 1.29 is 19.6 Å². The van der Waals surface area contributed by atoms with E-state index in [0.29, 0.717) is 44.1 Å². The summed E-state index contributed by atoms with van der Waals surface area (Å²) in [6, 6.07) is 10.1. The summed E-state index contributed by atoms with van der Waals surface area (Å²) in [7, 11) is 0. The lowest BCUT2D eigenvalue weighted by Gasteiger charge is -2.41. The SMILES string of the molecule is CCCC1(CCc2ccccc2)CC(O)=C(CC(C)(C)CC2(CCC[N+](=O)[O-])C=CC=CC2)C(=O)O1. The number of aliphatic hydroxyl groups is 1. The van der Waals surface area contributed by atoms with Crippen LogP contribution in [0.1, 0.15) is 84.1 Å². The standard InChI is InChI=1S/C30H41NO5/c1-4-15-30(19-14-24-12-7-5-8-13-24)22-26(32)25(27(33)36-30)21-28(2,3)23-29(16-9-6-10-17-29)18-11-20-31(34)35/h5-10,12-13,16,32H,4,11,14-15,17-23H2,1-3H3. The first-order valence-electron chi connectivity index (χ1n) is 13.2. The quantitative estimate of drug-likeness (QED) is 0.176. The third-order valence-corrected chi connectivity index (χ3v) is 7.53. The van der Waals surface area contributed by atoms with Crippen LogP contribution >= 0.6 is 0 Å². The number of esters is 1. The molecule has 1 aromatic carbocycles. The normalized spacial score (nSPS) is 24.1. The molecule has 1 N–H and O–H groups in total. The summed E-state index contributed by atoms with van der Waals surface area (Å²) >= 11 is 0. The van der Waals surface area contributed by atoms with E-state index in [-0.39, 0.29) is 28.1 Å². The van der Waals surface area contributed by atoms with Crippen molar-refractivity contribution in [1.82, 2.24) is 0 Å². The number of hydrogen-bond acceptors (Lipinski definition) is 5. The first-order valence-corrected chi connectivity index (χ1v) is 13.2. The average Bonchev–Trinajstić information content (AvgIpc) is 2.81. The van der Waals surface area contributed by atoms with Crippen LogP contribution in [0.15, 0.2) is 66.0 Å². The Morgan fingerprint density at radius 2 is 1.89 bits per heavy atom. The maximum Gasteiger partial charge on any atom is 0.337 e. The van der Waals surface area contributed by atoms with E-state index >= 15 is 0 Å². The van der Waals surface area contributed by atoms with Crippen LogP contribution in [0, 0.1) is 20.9 Å². The van der Waals surface area contributed by atoms with Crippen molar-refractivity contribution in [3.05, 3.63) is 81.6 Å². The Balaban J connectivity index is 1.73. The molecule has 0 saturated heterocycles. The molecule has 0 saturated carbocycles. The highest BCUT2D eigenvalue weighted by atomic mass is 16.6. The maximum absolute atomic E-state index is 13.3. The lowest BCUT2D eigenvalue weighted by molar-refractivity contribution is -0.480. The molecule has 2 aliphatic rings. The number of rotatable bonds is 13. The van der Waals surface area contributed by atoms with Crippen molar-refractivity contribution >= 4 is 5.97 Å². The number of aliphatic hydroxyl groups excluding tert-OH is 1. The average molecular weight is 496 g/mol. The Kier molecular flexibility index (Phi) is 9.15. The fourth-order valence-corrected chi connectivity index (χ4v) is 6.04. The van der Waals surface area contributed by atoms with Crippen molar-refractivity contribution in [2.45, 2.75) is 90.6 Å². The second-order valence-electron chi connectivity index (χ2n) is 11.4. The Hall–Kier alpha value is -2.89. The predicted molar refractivity (Wildman–Crippen MR) is 142 cm³/mol. The van der Waals surface area contributed by atoms with E-state index in [2.05, 4.69) is 45.1 Å². The number of cyclic esters (lactones) is 1. The molecule has 196 valence electrons. The van der Waals surface area contributed by atoms with Crippen LogP contribution in [0.25, 0.3) is 0 Å². The van der Waals surface area contributed by atoms with Gasteiger partial charge >= 0.3 is 5.97 Å². The fraction of sp³-hybridized carbons (Fsp3) is 0.567. The third kappa shape index (κ3) is 7.55. The monoisotopic (exact) mass is 495 g/mol. The van der Waals surface area contributed by atoms with Gasteiger partial charge in [-0.15, -0.1) is 0 Å². The number of carbonyl (C=O) groups excluding carboxylic acids is 1. The highest BCUT2D eigenvalue weighted by molar-refractivity contribution is 5.90. The van der Waals surface area contributed by atoms with E-state index in [1.165, 1.54) is 5.56 Å². The molecule has 36 heavy (non-hydrogen) atoms. The van der Waals surface area contributed by atoms with Gasteiger partial charge in [0.05, 0.1) is 5.57 Å². The minimum absolute atomic E-state index is 0.0412. The van der Waals surface area contributed by atoms with Crippen molar-refractivity contribution in [2.24, 2.45) is 10.8 Å². The van der Waals surface area contributed by atoms with E-state index in [0.717, 1.165) is 25.7 Å². The van der Waals surface area contributed by atoms with Crippen LogP contribution in [0.2, 0.25) is 0 Å². The van der Waals surface area contributed by atoms with Crippen LogP contribution in [0.4, 0.5) is 0 Å².